The standard InChI is InChI=1S/C26H27N3O4/c1-32-22-12-16-10-11-29(25(31)14-17(16)13-23(22)33-2)15-24(30)27-21-9-5-7-19-18-6-3-4-8-20(18)28-26(19)21/h3-4,6,8,10-13,21,28H,5,7,9,14-15H2,1-2H3,(H,27,30)/t21-/m0/s1. The van der Waals surface area contributed by atoms with Gasteiger partial charge in [-0.1, -0.05) is 18.2 Å². The number of benzene rings is 2. The summed E-state index contributed by atoms with van der Waals surface area (Å²) in [5.74, 6) is 0.869. The van der Waals surface area contributed by atoms with Crippen LogP contribution in [0.4, 0.5) is 0 Å². The predicted molar refractivity (Wildman–Crippen MR) is 126 cm³/mol. The number of aryl methyl sites for hydroxylation is 1. The molecular formula is C26H27N3O4. The summed E-state index contributed by atoms with van der Waals surface area (Å²) in [6, 6.07) is 11.8. The first kappa shape index (κ1) is 21.1. The normalized spacial score (nSPS) is 17.3. The van der Waals surface area contributed by atoms with E-state index in [2.05, 4.69) is 22.4 Å². The molecule has 1 aliphatic carbocycles. The molecule has 170 valence electrons. The van der Waals surface area contributed by atoms with Crippen LogP contribution in [0.1, 0.15) is 41.3 Å². The smallest absolute Gasteiger partial charge is 0.240 e. The highest BCUT2D eigenvalue weighted by atomic mass is 16.5. The van der Waals surface area contributed by atoms with Crippen LogP contribution in [0.2, 0.25) is 0 Å². The minimum absolute atomic E-state index is 0.0242. The average molecular weight is 446 g/mol. The van der Waals surface area contributed by atoms with Gasteiger partial charge in [-0.05, 0) is 60.2 Å². The minimum Gasteiger partial charge on any atom is -0.493 e. The maximum atomic E-state index is 12.9. The molecule has 0 bridgehead atoms. The number of fused-ring (bicyclic) bond motifs is 4. The van der Waals surface area contributed by atoms with Crippen LogP contribution in [-0.4, -0.2) is 42.5 Å². The van der Waals surface area contributed by atoms with Crippen molar-refractivity contribution >= 4 is 28.8 Å². The summed E-state index contributed by atoms with van der Waals surface area (Å²) in [5.41, 5.74) is 5.18. The molecule has 1 aromatic heterocycles. The second-order valence-corrected chi connectivity index (χ2v) is 8.50. The number of methoxy groups -OCH3 is 2. The van der Waals surface area contributed by atoms with E-state index in [-0.39, 0.29) is 30.8 Å². The fraction of sp³-hybridized carbons (Fsp3) is 0.308. The first-order chi connectivity index (χ1) is 16.1. The predicted octanol–water partition coefficient (Wildman–Crippen LogP) is 3.73. The average Bonchev–Trinajstić information content (AvgIpc) is 3.14. The molecule has 0 unspecified atom stereocenters. The third kappa shape index (κ3) is 3.95. The topological polar surface area (TPSA) is 83.7 Å². The third-order valence-electron chi connectivity index (χ3n) is 6.51. The van der Waals surface area contributed by atoms with Crippen LogP contribution in [0.25, 0.3) is 17.0 Å². The Labute approximate surface area is 192 Å². The lowest BCUT2D eigenvalue weighted by molar-refractivity contribution is -0.133. The summed E-state index contributed by atoms with van der Waals surface area (Å²) in [7, 11) is 3.15. The number of carbonyl (C=O) groups excluding carboxylic acids is 2. The van der Waals surface area contributed by atoms with Gasteiger partial charge in [-0.25, -0.2) is 0 Å². The Kier molecular flexibility index (Phi) is 5.54. The molecule has 3 aromatic rings. The van der Waals surface area contributed by atoms with Gasteiger partial charge in [0.1, 0.15) is 6.54 Å². The van der Waals surface area contributed by atoms with Crippen molar-refractivity contribution in [2.45, 2.75) is 31.7 Å². The number of aromatic nitrogens is 1. The van der Waals surface area contributed by atoms with E-state index in [0.717, 1.165) is 41.6 Å². The number of hydrogen-bond donors (Lipinski definition) is 2. The molecule has 2 amide bonds. The summed E-state index contributed by atoms with van der Waals surface area (Å²) >= 11 is 0. The summed E-state index contributed by atoms with van der Waals surface area (Å²) < 4.78 is 10.7. The highest BCUT2D eigenvalue weighted by molar-refractivity contribution is 5.90. The van der Waals surface area contributed by atoms with Gasteiger partial charge in [0.25, 0.3) is 0 Å². The molecule has 0 saturated carbocycles. The van der Waals surface area contributed by atoms with Crippen molar-refractivity contribution in [3.8, 4) is 11.5 Å². The molecule has 5 rings (SSSR count). The van der Waals surface area contributed by atoms with Crippen molar-refractivity contribution < 1.29 is 19.1 Å². The minimum atomic E-state index is -0.175. The Morgan fingerprint density at radius 1 is 1.18 bits per heavy atom. The SMILES string of the molecule is COc1cc2c(cc1OC)CC(=O)N(CC(=O)N[C@H]1CCCc3c1[nH]c1ccccc31)C=C2. The van der Waals surface area contributed by atoms with Crippen LogP contribution in [0.5, 0.6) is 11.5 Å². The number of aromatic amines is 1. The van der Waals surface area contributed by atoms with Gasteiger partial charge >= 0.3 is 0 Å². The van der Waals surface area contributed by atoms with Crippen molar-refractivity contribution in [2.75, 3.05) is 20.8 Å². The molecule has 0 fully saturated rings. The van der Waals surface area contributed by atoms with E-state index in [0.29, 0.717) is 11.5 Å². The molecule has 0 radical (unpaired) electrons. The highest BCUT2D eigenvalue weighted by Gasteiger charge is 2.27. The van der Waals surface area contributed by atoms with Gasteiger partial charge < -0.3 is 24.7 Å². The summed E-state index contributed by atoms with van der Waals surface area (Å²) in [4.78, 5) is 30.8. The van der Waals surface area contributed by atoms with Crippen LogP contribution < -0.4 is 14.8 Å². The number of para-hydroxylation sites is 1. The Hall–Kier alpha value is -3.74. The lowest BCUT2D eigenvalue weighted by atomic mass is 9.91. The molecule has 1 aliphatic heterocycles. The molecule has 33 heavy (non-hydrogen) atoms. The van der Waals surface area contributed by atoms with Gasteiger partial charge in [0.05, 0.1) is 26.7 Å². The Balaban J connectivity index is 1.31. The zero-order chi connectivity index (χ0) is 22.9. The van der Waals surface area contributed by atoms with Crippen LogP contribution in [0, 0.1) is 0 Å². The van der Waals surface area contributed by atoms with E-state index < -0.39 is 0 Å². The van der Waals surface area contributed by atoms with E-state index in [4.69, 9.17) is 9.47 Å². The molecule has 1 atom stereocenters. The van der Waals surface area contributed by atoms with Crippen LogP contribution in [-0.2, 0) is 22.4 Å². The molecule has 7 heteroatoms. The summed E-state index contributed by atoms with van der Waals surface area (Å²) in [5, 5.41) is 4.37. The van der Waals surface area contributed by atoms with Crippen molar-refractivity contribution in [2.24, 2.45) is 0 Å². The van der Waals surface area contributed by atoms with E-state index in [1.54, 1.807) is 20.4 Å². The Morgan fingerprint density at radius 3 is 2.79 bits per heavy atom. The van der Waals surface area contributed by atoms with Gasteiger partial charge in [-0.3, -0.25) is 9.59 Å². The van der Waals surface area contributed by atoms with E-state index in [1.807, 2.05) is 30.3 Å². The largest absolute Gasteiger partial charge is 0.493 e. The summed E-state index contributed by atoms with van der Waals surface area (Å²) in [6.07, 6.45) is 6.60. The van der Waals surface area contributed by atoms with Gasteiger partial charge in [-0.15, -0.1) is 0 Å². The monoisotopic (exact) mass is 445 g/mol. The Bertz CT molecular complexity index is 1260. The van der Waals surface area contributed by atoms with Gasteiger partial charge in [0.15, 0.2) is 11.5 Å². The van der Waals surface area contributed by atoms with Gasteiger partial charge in [0, 0.05) is 22.8 Å². The van der Waals surface area contributed by atoms with Crippen LogP contribution in [0.3, 0.4) is 0 Å². The van der Waals surface area contributed by atoms with E-state index in [1.165, 1.54) is 15.8 Å². The van der Waals surface area contributed by atoms with Crippen LogP contribution >= 0.6 is 0 Å². The molecule has 2 N–H and O–H groups in total. The highest BCUT2D eigenvalue weighted by Crippen LogP contribution is 2.35. The van der Waals surface area contributed by atoms with Crippen LogP contribution in [0.15, 0.2) is 42.6 Å². The second-order valence-electron chi connectivity index (χ2n) is 8.50. The van der Waals surface area contributed by atoms with Crippen molar-refractivity contribution in [1.29, 1.82) is 0 Å². The molecule has 2 heterocycles. The first-order valence-electron chi connectivity index (χ1n) is 11.2. The maximum Gasteiger partial charge on any atom is 0.240 e. The maximum absolute atomic E-state index is 12.9. The molecule has 2 aromatic carbocycles. The van der Waals surface area contributed by atoms with Crippen molar-refractivity contribution in [3.05, 3.63) is 65.0 Å². The number of carbonyl (C=O) groups is 2. The first-order valence-corrected chi connectivity index (χ1v) is 11.2. The molecule has 7 nitrogen and oxygen atoms in total. The number of amides is 2. The zero-order valence-corrected chi connectivity index (χ0v) is 18.8. The van der Waals surface area contributed by atoms with Gasteiger partial charge in [0.2, 0.25) is 11.8 Å². The van der Waals surface area contributed by atoms with Crippen molar-refractivity contribution in [1.82, 2.24) is 15.2 Å². The quantitative estimate of drug-likeness (QED) is 0.627. The number of rotatable bonds is 5. The van der Waals surface area contributed by atoms with Gasteiger partial charge in [-0.2, -0.15) is 0 Å². The number of hydrogen-bond acceptors (Lipinski definition) is 4. The lowest BCUT2D eigenvalue weighted by Crippen LogP contribution is -2.40. The summed E-state index contributed by atoms with van der Waals surface area (Å²) in [6.45, 7) is -0.0242. The van der Waals surface area contributed by atoms with Crippen molar-refractivity contribution in [3.63, 3.8) is 0 Å². The molecule has 2 aliphatic rings. The third-order valence-corrected chi connectivity index (χ3v) is 6.51. The number of ether oxygens (including phenoxy) is 2. The Morgan fingerprint density at radius 2 is 1.97 bits per heavy atom. The number of nitrogens with one attached hydrogen (secondary N) is 2. The van der Waals surface area contributed by atoms with E-state index >= 15 is 0 Å². The fourth-order valence-electron chi connectivity index (χ4n) is 4.86. The number of H-pyrrole nitrogens is 1. The fourth-order valence-corrected chi connectivity index (χ4v) is 4.86. The molecule has 0 spiro atoms. The second kappa shape index (κ2) is 8.65. The lowest BCUT2D eigenvalue weighted by Gasteiger charge is -2.25. The zero-order valence-electron chi connectivity index (χ0n) is 18.8. The van der Waals surface area contributed by atoms with E-state index in [9.17, 15) is 9.59 Å². The number of nitrogens with zero attached hydrogens (tertiary/aromatic N) is 1. The molecule has 0 saturated heterocycles. The molecular weight excluding hydrogens is 418 g/mol.